The lowest BCUT2D eigenvalue weighted by atomic mass is 9.34. The van der Waals surface area contributed by atoms with Gasteiger partial charge in [-0.1, -0.05) is 289 Å². The van der Waals surface area contributed by atoms with Crippen molar-refractivity contribution >= 4 is 175 Å². The van der Waals surface area contributed by atoms with Gasteiger partial charge in [0, 0.05) is 92.8 Å². The summed E-state index contributed by atoms with van der Waals surface area (Å²) in [5, 5.41) is 25.3. The molecule has 0 N–H and O–H groups in total. The van der Waals surface area contributed by atoms with Crippen LogP contribution in [0, 0.1) is 0 Å². The molecule has 0 atom stereocenters. The van der Waals surface area contributed by atoms with Gasteiger partial charge in [0.05, 0.1) is 44.3 Å². The summed E-state index contributed by atoms with van der Waals surface area (Å²) in [6.07, 6.45) is 0. The van der Waals surface area contributed by atoms with Crippen molar-refractivity contribution in [2.75, 3.05) is 0 Å². The molecule has 4 nitrogen and oxygen atoms in total. The van der Waals surface area contributed by atoms with Crippen molar-refractivity contribution in [1.29, 1.82) is 0 Å². The van der Waals surface area contributed by atoms with E-state index in [2.05, 4.69) is 380 Å². The predicted molar refractivity (Wildman–Crippen MR) is 456 cm³/mol. The lowest BCUT2D eigenvalue weighted by molar-refractivity contribution is 0.641. The van der Waals surface area contributed by atoms with Gasteiger partial charge < -0.3 is 18.3 Å². The Morgan fingerprint density at radius 3 is 1.17 bits per heavy atom. The monoisotopic (exact) mass is 1360 g/mol. The van der Waals surface area contributed by atoms with Gasteiger partial charge in [0.25, 0.3) is 6.71 Å². The van der Waals surface area contributed by atoms with Crippen LogP contribution in [0.1, 0.15) is 49.9 Å². The summed E-state index contributed by atoms with van der Waals surface area (Å²) in [4.78, 5) is 0. The highest BCUT2D eigenvalue weighted by atomic mass is 15.0. The summed E-state index contributed by atoms with van der Waals surface area (Å²) >= 11 is 0. The standard InChI is InChI=1S/C102H67BN4/c1-101(2,61-27-7-5-8-28-61)63-47-51-89-80(55-63)82-56-64(102(3,4)62-29-9-6-10-30-62)57-83-99(82)106(89)92-53-60(66-49-48-65(104-85-43-23-19-37-73(85)74-38-20-24-44-86(74)104)58-91(66)105-87-45-25-21-39-75(87)76-40-22-26-46-88(76)105)54-93-98(92)103(83)84-59-81-72-36-14-12-32-68(72)70-34-16-18-42-78(70)95(81)97-96-90(107(93)100(84)97)52-50-79-71-35-13-11-31-67(71)69-33-15-17-41-77(69)94(79)96/h5-59H,1-4H3. The molecule has 498 valence electrons. The van der Waals surface area contributed by atoms with Crippen LogP contribution < -0.4 is 16.4 Å². The van der Waals surface area contributed by atoms with E-state index < -0.39 is 0 Å². The van der Waals surface area contributed by atoms with Crippen molar-refractivity contribution in [2.24, 2.45) is 0 Å². The van der Waals surface area contributed by atoms with Crippen molar-refractivity contribution in [1.82, 2.24) is 18.3 Å². The third kappa shape index (κ3) is 7.77. The lowest BCUT2D eigenvalue weighted by Gasteiger charge is -2.36. The van der Waals surface area contributed by atoms with Crippen molar-refractivity contribution in [3.05, 3.63) is 356 Å². The van der Waals surface area contributed by atoms with Gasteiger partial charge in [-0.15, -0.1) is 0 Å². The third-order valence-corrected chi connectivity index (χ3v) is 25.4. The molecule has 0 aliphatic carbocycles. The van der Waals surface area contributed by atoms with Gasteiger partial charge >= 0.3 is 0 Å². The van der Waals surface area contributed by atoms with E-state index in [9.17, 15) is 0 Å². The van der Waals surface area contributed by atoms with E-state index >= 15 is 0 Å². The van der Waals surface area contributed by atoms with Crippen LogP contribution in [0.2, 0.25) is 0 Å². The summed E-state index contributed by atoms with van der Waals surface area (Å²) < 4.78 is 10.5. The molecule has 0 spiro atoms. The molecule has 2 aliphatic rings. The normalized spacial score (nSPS) is 13.0. The Labute approximate surface area is 617 Å². The first-order valence-corrected chi connectivity index (χ1v) is 37.8. The van der Waals surface area contributed by atoms with Crippen LogP contribution in [0.3, 0.4) is 0 Å². The predicted octanol–water partition coefficient (Wildman–Crippen LogP) is 24.5. The molecule has 0 radical (unpaired) electrons. The van der Waals surface area contributed by atoms with Crippen LogP contribution in [-0.2, 0) is 10.8 Å². The number of aromatic nitrogens is 4. The first-order valence-electron chi connectivity index (χ1n) is 37.8. The smallest absolute Gasteiger partial charge is 0.252 e. The maximum absolute atomic E-state index is 2.77. The molecule has 0 unspecified atom stereocenters. The fraction of sp³-hybridized carbons (Fsp3) is 0.0588. The Morgan fingerprint density at radius 1 is 0.224 bits per heavy atom. The molecule has 5 heteroatoms. The Bertz CT molecular complexity index is 7610. The third-order valence-electron chi connectivity index (χ3n) is 25.4. The molecule has 2 aliphatic heterocycles. The molecule has 24 rings (SSSR count). The Hall–Kier alpha value is -13.2. The topological polar surface area (TPSA) is 19.7 Å². The molecule has 0 fully saturated rings. The zero-order chi connectivity index (χ0) is 70.4. The number of hydrogen-bond donors (Lipinski definition) is 0. The van der Waals surface area contributed by atoms with Gasteiger partial charge in [-0.2, -0.15) is 0 Å². The van der Waals surface area contributed by atoms with Crippen molar-refractivity contribution in [3.63, 3.8) is 0 Å². The fourth-order valence-electron chi connectivity index (χ4n) is 20.4. The van der Waals surface area contributed by atoms with Crippen molar-refractivity contribution in [2.45, 2.75) is 38.5 Å². The molecule has 22 aromatic rings. The van der Waals surface area contributed by atoms with Gasteiger partial charge in [0.15, 0.2) is 0 Å². The van der Waals surface area contributed by atoms with Crippen molar-refractivity contribution < 1.29 is 0 Å². The van der Waals surface area contributed by atoms with Crippen LogP contribution in [0.15, 0.2) is 334 Å². The molecule has 0 amide bonds. The van der Waals surface area contributed by atoms with Crippen LogP contribution in [0.4, 0.5) is 0 Å². The highest BCUT2D eigenvalue weighted by Gasteiger charge is 2.44. The fourth-order valence-corrected chi connectivity index (χ4v) is 20.4. The number of para-hydroxylation sites is 4. The van der Waals surface area contributed by atoms with E-state index in [1.807, 2.05) is 0 Å². The van der Waals surface area contributed by atoms with Gasteiger partial charge in [-0.25, -0.2) is 0 Å². The van der Waals surface area contributed by atoms with Crippen molar-refractivity contribution in [3.8, 4) is 33.9 Å². The number of hydrogen-bond acceptors (Lipinski definition) is 0. The second-order valence-electron chi connectivity index (χ2n) is 31.3. The van der Waals surface area contributed by atoms with E-state index in [4.69, 9.17) is 0 Å². The SMILES string of the molecule is CC(C)(c1ccccc1)c1ccc2c(c1)c1cc(C(C)(C)c3ccccc3)cc3c1n2-c1cc(-c2ccc(-n4c5ccccc5c5ccccc54)cc2-n2c4ccccc4c4ccccc42)cc2c1B3c1cc3c4ccccc4c4ccccc4c3c3c4c5c6ccccc6c6ccccc6c5ccc4n-2c13. The van der Waals surface area contributed by atoms with E-state index in [1.54, 1.807) is 0 Å². The zero-order valence-corrected chi connectivity index (χ0v) is 59.6. The van der Waals surface area contributed by atoms with E-state index in [0.29, 0.717) is 0 Å². The molecular weight excluding hydrogens is 1290 g/mol. The van der Waals surface area contributed by atoms with Crippen LogP contribution in [-0.4, -0.2) is 25.0 Å². The summed E-state index contributed by atoms with van der Waals surface area (Å²) in [5.41, 5.74) is 24.9. The minimum absolute atomic E-state index is 0.215. The summed E-state index contributed by atoms with van der Waals surface area (Å²) in [6, 6.07) is 128. The minimum atomic E-state index is -0.386. The first kappa shape index (κ1) is 59.2. The van der Waals surface area contributed by atoms with Gasteiger partial charge in [0.2, 0.25) is 0 Å². The average Bonchev–Trinajstić information content (AvgIpc) is 1.52. The minimum Gasteiger partial charge on any atom is -0.310 e. The lowest BCUT2D eigenvalue weighted by Crippen LogP contribution is -2.59. The Morgan fingerprint density at radius 2 is 0.626 bits per heavy atom. The Balaban J connectivity index is 0.919. The maximum Gasteiger partial charge on any atom is 0.252 e. The molecule has 0 bridgehead atoms. The molecule has 107 heavy (non-hydrogen) atoms. The van der Waals surface area contributed by atoms with Gasteiger partial charge in [0.1, 0.15) is 0 Å². The van der Waals surface area contributed by atoms with E-state index in [1.165, 1.54) is 191 Å². The van der Waals surface area contributed by atoms with E-state index in [0.717, 1.165) is 33.5 Å². The molecule has 4 aromatic heterocycles. The number of benzene rings is 18. The maximum atomic E-state index is 2.77. The molecule has 6 heterocycles. The summed E-state index contributed by atoms with van der Waals surface area (Å²) in [5.74, 6) is 0. The molecule has 0 saturated heterocycles. The van der Waals surface area contributed by atoms with E-state index in [-0.39, 0.29) is 17.5 Å². The summed E-state index contributed by atoms with van der Waals surface area (Å²) in [6.45, 7) is 9.47. The summed E-state index contributed by atoms with van der Waals surface area (Å²) in [7, 11) is 0. The number of nitrogens with zero attached hydrogens (tertiary/aromatic N) is 4. The number of rotatable bonds is 7. The Kier molecular flexibility index (Phi) is 11.8. The second kappa shape index (κ2) is 21.3. The van der Waals surface area contributed by atoms with Crippen LogP contribution in [0.25, 0.3) is 186 Å². The molecule has 18 aromatic carbocycles. The quantitative estimate of drug-likeness (QED) is 0.112. The van der Waals surface area contributed by atoms with Gasteiger partial charge in [-0.3, -0.25) is 0 Å². The number of fused-ring (bicyclic) bond motifs is 30. The zero-order valence-electron chi connectivity index (χ0n) is 59.6. The molecular formula is C102H67BN4. The van der Waals surface area contributed by atoms with Gasteiger partial charge in [-0.05, 0) is 171 Å². The molecule has 0 saturated carbocycles. The highest BCUT2D eigenvalue weighted by molar-refractivity contribution is 7.00. The van der Waals surface area contributed by atoms with Crippen LogP contribution >= 0.6 is 0 Å². The highest BCUT2D eigenvalue weighted by Crippen LogP contribution is 2.52. The largest absolute Gasteiger partial charge is 0.310 e. The average molecular weight is 1360 g/mol. The first-order chi connectivity index (χ1) is 52.7. The van der Waals surface area contributed by atoms with Crippen LogP contribution in [0.5, 0.6) is 0 Å². The second-order valence-corrected chi connectivity index (χ2v) is 31.3.